The number of rotatable bonds is 0. The number of aliphatic imine (C=N–C) groups is 1. The first kappa shape index (κ1) is 28.4. The van der Waals surface area contributed by atoms with Gasteiger partial charge < -0.3 is 21.1 Å². The smallest absolute Gasteiger partial charge is 0.238 e. The maximum atomic E-state index is 12.5. The molecule has 0 aliphatic carbocycles. The molecule has 5 rings (SSSR count). The van der Waals surface area contributed by atoms with Crippen molar-refractivity contribution >= 4 is 52.4 Å². The molecule has 0 saturated carbocycles. The molecule has 0 saturated heterocycles. The summed E-state index contributed by atoms with van der Waals surface area (Å²) in [6.45, 7) is 1.53. The fraction of sp³-hybridized carbons (Fsp3) is 0.385. The lowest BCUT2D eigenvalue weighted by Crippen LogP contribution is -2.37. The Bertz CT molecular complexity index is 1120. The van der Waals surface area contributed by atoms with Crippen molar-refractivity contribution in [2.75, 3.05) is 25.0 Å². The number of carbonyl (C=O) groups is 3. The number of guanidine groups is 1. The molecule has 5 N–H and O–H groups in total. The van der Waals surface area contributed by atoms with Gasteiger partial charge in [-0.2, -0.15) is 0 Å². The van der Waals surface area contributed by atoms with E-state index in [1.807, 2.05) is 0 Å². The fourth-order valence-electron chi connectivity index (χ4n) is 3.68. The molecule has 2 aromatic carbocycles. The summed E-state index contributed by atoms with van der Waals surface area (Å²) in [4.78, 5) is 41.1. The van der Waals surface area contributed by atoms with E-state index in [4.69, 9.17) is 33.7 Å². The molecule has 0 fully saturated rings. The van der Waals surface area contributed by atoms with Gasteiger partial charge in [-0.25, -0.2) is 4.99 Å². The Balaban J connectivity index is 1.68. The van der Waals surface area contributed by atoms with E-state index >= 15 is 0 Å². The number of ether oxygens (including phenoxy) is 1. The van der Waals surface area contributed by atoms with E-state index in [-0.39, 0.29) is 47.2 Å². The molecule has 2 amide bonds. The minimum atomic E-state index is -0.577. The van der Waals surface area contributed by atoms with Gasteiger partial charge in [0.25, 0.3) is 0 Å². The second kappa shape index (κ2) is 14.6. The van der Waals surface area contributed by atoms with E-state index in [2.05, 4.69) is 20.9 Å². The Kier molecular flexibility index (Phi) is 11.2. The first-order valence-electron chi connectivity index (χ1n) is 12.2. The van der Waals surface area contributed by atoms with Gasteiger partial charge in [0.1, 0.15) is 5.75 Å². The number of amides is 2. The Morgan fingerprint density at radius 2 is 1.54 bits per heavy atom. The van der Waals surface area contributed by atoms with Crippen molar-refractivity contribution in [3.05, 3.63) is 57.6 Å². The molecule has 0 spiro atoms. The van der Waals surface area contributed by atoms with Crippen molar-refractivity contribution in [3.8, 4) is 5.75 Å². The van der Waals surface area contributed by atoms with Crippen molar-refractivity contribution in [2.24, 2.45) is 10.7 Å². The molecule has 11 heteroatoms. The first-order valence-corrected chi connectivity index (χ1v) is 12.9. The zero-order valence-corrected chi connectivity index (χ0v) is 22.0. The van der Waals surface area contributed by atoms with E-state index in [0.717, 1.165) is 38.6 Å². The van der Waals surface area contributed by atoms with Gasteiger partial charge in [-0.3, -0.25) is 19.7 Å². The summed E-state index contributed by atoms with van der Waals surface area (Å²) < 4.78 is 5.74. The van der Waals surface area contributed by atoms with Crippen LogP contribution in [0.3, 0.4) is 0 Å². The van der Waals surface area contributed by atoms with Gasteiger partial charge in [-0.15, -0.1) is 0 Å². The fourth-order valence-corrected chi connectivity index (χ4v) is 4.31. The summed E-state index contributed by atoms with van der Waals surface area (Å²) in [5.74, 6) is -0.648. The Hall–Kier alpha value is -3.14. The SMILES string of the molecule is NC1=NCc2cc(Cl)c(c(Cl)c2)NC(=O)CNCCCCCCCOc2ccc(cc2)C(=O)CC(=O)N1. The summed E-state index contributed by atoms with van der Waals surface area (Å²) in [6.07, 6.45) is 4.65. The van der Waals surface area contributed by atoms with Crippen LogP contribution in [0.5, 0.6) is 5.75 Å². The molecule has 0 atom stereocenters. The minimum Gasteiger partial charge on any atom is -0.494 e. The lowest BCUT2D eigenvalue weighted by Gasteiger charge is -2.12. The highest BCUT2D eigenvalue weighted by Gasteiger charge is 2.14. The number of hydrogen-bond acceptors (Lipinski definition) is 7. The topological polar surface area (TPSA) is 135 Å². The van der Waals surface area contributed by atoms with Crippen molar-refractivity contribution < 1.29 is 19.1 Å². The monoisotopic (exact) mass is 547 g/mol. The lowest BCUT2D eigenvalue weighted by molar-refractivity contribution is -0.119. The minimum absolute atomic E-state index is 0.0801. The number of fused-ring (bicyclic) bond motifs is 2. The molecule has 0 aromatic heterocycles. The van der Waals surface area contributed by atoms with Crippen LogP contribution in [0.4, 0.5) is 5.69 Å². The van der Waals surface area contributed by atoms with Crippen LogP contribution in [-0.2, 0) is 16.1 Å². The maximum absolute atomic E-state index is 12.5. The molecule has 2 aromatic rings. The number of hydrogen-bond donors (Lipinski definition) is 4. The van der Waals surface area contributed by atoms with Crippen molar-refractivity contribution in [2.45, 2.75) is 45.1 Å². The highest BCUT2D eigenvalue weighted by Crippen LogP contribution is 2.32. The predicted octanol–water partition coefficient (Wildman–Crippen LogP) is 4.07. The highest BCUT2D eigenvalue weighted by atomic mass is 35.5. The van der Waals surface area contributed by atoms with Gasteiger partial charge in [0.05, 0.1) is 41.8 Å². The van der Waals surface area contributed by atoms with E-state index < -0.39 is 5.91 Å². The molecule has 4 bridgehead atoms. The number of benzene rings is 2. The number of nitrogens with zero attached hydrogens (tertiary/aromatic N) is 1. The van der Waals surface area contributed by atoms with Crippen LogP contribution < -0.4 is 26.4 Å². The van der Waals surface area contributed by atoms with Gasteiger partial charge in [0.15, 0.2) is 11.7 Å². The third-order valence-corrected chi connectivity index (χ3v) is 6.21. The van der Waals surface area contributed by atoms with Crippen LogP contribution >= 0.6 is 23.2 Å². The summed E-state index contributed by atoms with van der Waals surface area (Å²) in [6, 6.07) is 9.93. The zero-order valence-electron chi connectivity index (χ0n) is 20.4. The number of anilines is 1. The number of halogens is 2. The Labute approximate surface area is 226 Å². The summed E-state index contributed by atoms with van der Waals surface area (Å²) in [7, 11) is 0. The van der Waals surface area contributed by atoms with Crippen molar-refractivity contribution in [3.63, 3.8) is 0 Å². The molecule has 3 heterocycles. The lowest BCUT2D eigenvalue weighted by atomic mass is 10.1. The third kappa shape index (κ3) is 9.68. The largest absolute Gasteiger partial charge is 0.494 e. The van der Waals surface area contributed by atoms with Crippen LogP contribution in [0.2, 0.25) is 10.0 Å². The van der Waals surface area contributed by atoms with Crippen LogP contribution in [0.1, 0.15) is 54.4 Å². The van der Waals surface area contributed by atoms with Gasteiger partial charge in [-0.1, -0.05) is 42.5 Å². The van der Waals surface area contributed by atoms with E-state index in [1.54, 1.807) is 36.4 Å². The van der Waals surface area contributed by atoms with E-state index in [0.29, 0.717) is 29.2 Å². The van der Waals surface area contributed by atoms with Crippen LogP contribution in [0, 0.1) is 0 Å². The van der Waals surface area contributed by atoms with Crippen LogP contribution in [-0.4, -0.2) is 43.3 Å². The van der Waals surface area contributed by atoms with Gasteiger partial charge in [0.2, 0.25) is 11.8 Å². The second-order valence-electron chi connectivity index (χ2n) is 8.65. The van der Waals surface area contributed by atoms with E-state index in [1.165, 1.54) is 0 Å². The number of nitrogens with one attached hydrogen (secondary N) is 3. The molecule has 198 valence electrons. The summed E-state index contributed by atoms with van der Waals surface area (Å²) in [5, 5.41) is 8.77. The molecule has 0 unspecified atom stereocenters. The second-order valence-corrected chi connectivity index (χ2v) is 9.46. The zero-order chi connectivity index (χ0) is 26.6. The summed E-state index contributed by atoms with van der Waals surface area (Å²) in [5.41, 5.74) is 7.15. The van der Waals surface area contributed by atoms with Crippen LogP contribution in [0.15, 0.2) is 41.4 Å². The molecule has 0 radical (unpaired) electrons. The first-order chi connectivity index (χ1) is 17.8. The van der Waals surface area contributed by atoms with Crippen molar-refractivity contribution in [1.82, 2.24) is 10.6 Å². The number of nitrogens with two attached hydrogens (primary N) is 1. The molecular formula is C26H31Cl2N5O4. The number of Topliss-reactive ketones (excluding diaryl/α,β-unsaturated/α-hetero) is 1. The third-order valence-electron chi connectivity index (χ3n) is 5.62. The summed E-state index contributed by atoms with van der Waals surface area (Å²) >= 11 is 12.7. The van der Waals surface area contributed by atoms with Gasteiger partial charge >= 0.3 is 0 Å². The average Bonchev–Trinajstić information content (AvgIpc) is 2.85. The van der Waals surface area contributed by atoms with E-state index in [9.17, 15) is 14.4 Å². The van der Waals surface area contributed by atoms with Gasteiger partial charge in [-0.05, 0) is 61.3 Å². The maximum Gasteiger partial charge on any atom is 0.238 e. The molecule has 37 heavy (non-hydrogen) atoms. The standard InChI is InChI=1S/C26H31Cl2N5O4/c27-20-12-17-13-21(28)25(20)32-24(36)16-30-10-4-2-1-3-5-11-37-19-8-6-18(7-9-19)22(34)14-23(35)33-26(29)31-15-17/h6-9,12-13,30H,1-5,10-11,14-16H2,(H,32,36)(H3,29,31,33,35). The molecular weight excluding hydrogens is 517 g/mol. The van der Waals surface area contributed by atoms with Crippen molar-refractivity contribution in [1.29, 1.82) is 0 Å². The number of ketones is 1. The Morgan fingerprint density at radius 3 is 2.27 bits per heavy atom. The average molecular weight is 548 g/mol. The normalized spacial score (nSPS) is 17.4. The molecule has 3 aliphatic rings. The predicted molar refractivity (Wildman–Crippen MR) is 145 cm³/mol. The highest BCUT2D eigenvalue weighted by molar-refractivity contribution is 6.39. The quantitative estimate of drug-likeness (QED) is 0.367. The van der Waals surface area contributed by atoms with Gasteiger partial charge in [0, 0.05) is 5.56 Å². The Morgan fingerprint density at radius 1 is 0.865 bits per heavy atom. The molecule has 3 aliphatic heterocycles. The number of carbonyl (C=O) groups excluding carboxylic acids is 3. The molecule has 9 nitrogen and oxygen atoms in total. The van der Waals surface area contributed by atoms with Crippen LogP contribution in [0.25, 0.3) is 0 Å².